The Labute approximate surface area is 73.2 Å². The molecule has 72 valence electrons. The molecule has 4 heteroatoms. The van der Waals surface area contributed by atoms with Crippen molar-refractivity contribution in [2.24, 2.45) is 0 Å². The fourth-order valence-electron chi connectivity index (χ4n) is 0.516. The molecule has 0 spiro atoms. The molecule has 0 radical (unpaired) electrons. The van der Waals surface area contributed by atoms with Crippen molar-refractivity contribution in [3.05, 3.63) is 0 Å². The predicted octanol–water partition coefficient (Wildman–Crippen LogP) is 1.16. The van der Waals surface area contributed by atoms with E-state index in [2.05, 4.69) is 5.32 Å². The smallest absolute Gasteiger partial charge is 0.433 e. The molecule has 0 atom stereocenters. The highest BCUT2D eigenvalue weighted by Gasteiger charge is 2.16. The van der Waals surface area contributed by atoms with Gasteiger partial charge in [-0.25, -0.2) is 4.79 Å². The summed E-state index contributed by atoms with van der Waals surface area (Å²) in [6, 6.07) is 0. The van der Waals surface area contributed by atoms with Crippen molar-refractivity contribution in [2.45, 2.75) is 26.4 Å². The number of hydrogen-bond donors (Lipinski definition) is 1. The van der Waals surface area contributed by atoms with Crippen molar-refractivity contribution >= 4 is 6.16 Å². The first-order valence-electron chi connectivity index (χ1n) is 3.96. The van der Waals surface area contributed by atoms with Crippen LogP contribution in [0, 0.1) is 0 Å². The fraction of sp³-hybridized carbons (Fsp3) is 0.875. The van der Waals surface area contributed by atoms with Crippen LogP contribution in [0.3, 0.4) is 0 Å². The maximum atomic E-state index is 10.9. The third kappa shape index (κ3) is 7.34. The van der Waals surface area contributed by atoms with Gasteiger partial charge < -0.3 is 14.8 Å². The van der Waals surface area contributed by atoms with E-state index >= 15 is 0 Å². The Bertz CT molecular complexity index is 140. The van der Waals surface area contributed by atoms with Crippen molar-refractivity contribution in [3.63, 3.8) is 0 Å². The Kier molecular flexibility index (Phi) is 4.66. The van der Waals surface area contributed by atoms with E-state index in [1.54, 1.807) is 27.8 Å². The topological polar surface area (TPSA) is 47.6 Å². The van der Waals surface area contributed by atoms with Gasteiger partial charge in [0.2, 0.25) is 0 Å². The normalized spacial score (nSPS) is 11.0. The van der Waals surface area contributed by atoms with Gasteiger partial charge >= 0.3 is 6.16 Å². The quantitative estimate of drug-likeness (QED) is 0.516. The van der Waals surface area contributed by atoms with Gasteiger partial charge in [-0.15, -0.1) is 0 Å². The molecule has 0 amide bonds. The second-order valence-electron chi connectivity index (χ2n) is 3.42. The van der Waals surface area contributed by atoms with Crippen molar-refractivity contribution in [3.8, 4) is 0 Å². The van der Waals surface area contributed by atoms with E-state index in [4.69, 9.17) is 9.47 Å². The van der Waals surface area contributed by atoms with Crippen LogP contribution in [-0.2, 0) is 9.47 Å². The molecule has 0 bridgehead atoms. The SMILES string of the molecule is CNCCOC(=O)OC(C)(C)C. The molecular formula is C8H17NO3. The van der Waals surface area contributed by atoms with Crippen LogP contribution in [-0.4, -0.2) is 32.0 Å². The summed E-state index contributed by atoms with van der Waals surface area (Å²) < 4.78 is 9.63. The highest BCUT2D eigenvalue weighted by atomic mass is 16.7. The van der Waals surface area contributed by atoms with Crippen LogP contribution in [0.2, 0.25) is 0 Å². The molecule has 0 saturated carbocycles. The second-order valence-corrected chi connectivity index (χ2v) is 3.42. The largest absolute Gasteiger partial charge is 0.508 e. The summed E-state index contributed by atoms with van der Waals surface area (Å²) in [5.74, 6) is 0. The van der Waals surface area contributed by atoms with E-state index in [1.807, 2.05) is 0 Å². The zero-order valence-corrected chi connectivity index (χ0v) is 8.14. The number of carbonyl (C=O) groups excluding carboxylic acids is 1. The average molecular weight is 175 g/mol. The van der Waals surface area contributed by atoms with Crippen LogP contribution >= 0.6 is 0 Å². The number of nitrogens with one attached hydrogen (secondary N) is 1. The standard InChI is InChI=1S/C8H17NO3/c1-8(2,3)12-7(10)11-6-5-9-4/h9H,5-6H2,1-4H3. The second kappa shape index (κ2) is 4.98. The molecule has 0 aromatic carbocycles. The summed E-state index contributed by atoms with van der Waals surface area (Å²) in [4.78, 5) is 10.9. The van der Waals surface area contributed by atoms with Gasteiger partial charge in [0.15, 0.2) is 0 Å². The van der Waals surface area contributed by atoms with Gasteiger partial charge in [0.1, 0.15) is 12.2 Å². The van der Waals surface area contributed by atoms with Crippen molar-refractivity contribution in [1.29, 1.82) is 0 Å². The maximum Gasteiger partial charge on any atom is 0.508 e. The molecule has 12 heavy (non-hydrogen) atoms. The van der Waals surface area contributed by atoms with Gasteiger partial charge in [-0.2, -0.15) is 0 Å². The summed E-state index contributed by atoms with van der Waals surface area (Å²) in [7, 11) is 1.79. The van der Waals surface area contributed by atoms with Gasteiger partial charge in [0, 0.05) is 6.54 Å². The van der Waals surface area contributed by atoms with E-state index in [1.165, 1.54) is 0 Å². The zero-order valence-electron chi connectivity index (χ0n) is 8.14. The minimum absolute atomic E-state index is 0.339. The number of rotatable bonds is 3. The molecule has 0 rings (SSSR count). The molecular weight excluding hydrogens is 158 g/mol. The van der Waals surface area contributed by atoms with Crippen molar-refractivity contribution in [2.75, 3.05) is 20.2 Å². The summed E-state index contributed by atoms with van der Waals surface area (Å²) in [6.45, 7) is 6.37. The summed E-state index contributed by atoms with van der Waals surface area (Å²) in [5.41, 5.74) is -0.475. The van der Waals surface area contributed by atoms with Gasteiger partial charge in [0.05, 0.1) is 0 Å². The highest BCUT2D eigenvalue weighted by Crippen LogP contribution is 2.07. The minimum Gasteiger partial charge on any atom is -0.433 e. The first-order chi connectivity index (χ1) is 5.45. The van der Waals surface area contributed by atoms with Crippen molar-refractivity contribution < 1.29 is 14.3 Å². The molecule has 0 heterocycles. The van der Waals surface area contributed by atoms with E-state index in [9.17, 15) is 4.79 Å². The highest BCUT2D eigenvalue weighted by molar-refractivity contribution is 5.60. The number of ether oxygens (including phenoxy) is 2. The molecule has 0 aliphatic heterocycles. The lowest BCUT2D eigenvalue weighted by molar-refractivity contribution is -0.00641. The lowest BCUT2D eigenvalue weighted by Gasteiger charge is -2.18. The molecule has 1 N–H and O–H groups in total. The minimum atomic E-state index is -0.613. The average Bonchev–Trinajstić information content (AvgIpc) is 1.84. The molecule has 0 aliphatic carbocycles. The van der Waals surface area contributed by atoms with E-state index in [0.29, 0.717) is 13.2 Å². The molecule has 0 aromatic rings. The third-order valence-electron chi connectivity index (χ3n) is 0.961. The molecule has 0 saturated heterocycles. The lowest BCUT2D eigenvalue weighted by Crippen LogP contribution is -2.26. The van der Waals surface area contributed by atoms with Crippen LogP contribution in [0.1, 0.15) is 20.8 Å². The molecule has 0 fully saturated rings. The lowest BCUT2D eigenvalue weighted by atomic mass is 10.2. The Morgan fingerprint density at radius 3 is 2.42 bits per heavy atom. The Morgan fingerprint density at radius 1 is 1.42 bits per heavy atom. The van der Waals surface area contributed by atoms with Gasteiger partial charge in [-0.05, 0) is 27.8 Å². The predicted molar refractivity (Wildman–Crippen MR) is 46.1 cm³/mol. The van der Waals surface area contributed by atoms with Gasteiger partial charge in [-0.1, -0.05) is 0 Å². The Hall–Kier alpha value is -0.770. The third-order valence-corrected chi connectivity index (χ3v) is 0.961. The van der Waals surface area contributed by atoms with E-state index < -0.39 is 11.8 Å². The Balaban J connectivity index is 3.47. The Morgan fingerprint density at radius 2 is 2.00 bits per heavy atom. The molecule has 0 unspecified atom stereocenters. The van der Waals surface area contributed by atoms with Crippen LogP contribution in [0.5, 0.6) is 0 Å². The summed E-state index contributed by atoms with van der Waals surface area (Å²) in [5, 5.41) is 2.85. The monoisotopic (exact) mass is 175 g/mol. The van der Waals surface area contributed by atoms with Crippen LogP contribution < -0.4 is 5.32 Å². The molecule has 0 aromatic heterocycles. The first-order valence-corrected chi connectivity index (χ1v) is 3.96. The van der Waals surface area contributed by atoms with E-state index in [-0.39, 0.29) is 0 Å². The summed E-state index contributed by atoms with van der Waals surface area (Å²) in [6.07, 6.45) is -0.613. The number of carbonyl (C=O) groups is 1. The van der Waals surface area contributed by atoms with Gasteiger partial charge in [0.25, 0.3) is 0 Å². The van der Waals surface area contributed by atoms with Gasteiger partial charge in [-0.3, -0.25) is 0 Å². The van der Waals surface area contributed by atoms with Crippen molar-refractivity contribution in [1.82, 2.24) is 5.32 Å². The first kappa shape index (κ1) is 11.2. The van der Waals surface area contributed by atoms with Crippen LogP contribution in [0.25, 0.3) is 0 Å². The molecule has 4 nitrogen and oxygen atoms in total. The zero-order chi connectivity index (χ0) is 9.61. The summed E-state index contributed by atoms with van der Waals surface area (Å²) >= 11 is 0. The maximum absolute atomic E-state index is 10.9. The molecule has 0 aliphatic rings. The van der Waals surface area contributed by atoms with Crippen LogP contribution in [0.15, 0.2) is 0 Å². The van der Waals surface area contributed by atoms with E-state index in [0.717, 1.165) is 0 Å². The van der Waals surface area contributed by atoms with Crippen LogP contribution in [0.4, 0.5) is 4.79 Å². The fourth-order valence-corrected chi connectivity index (χ4v) is 0.516. The number of hydrogen-bond acceptors (Lipinski definition) is 4. The number of likely N-dealkylation sites (N-methyl/N-ethyl adjacent to an activating group) is 1.